The lowest BCUT2D eigenvalue weighted by atomic mass is 9.97. The number of piperidine rings is 1. The van der Waals surface area contributed by atoms with E-state index < -0.39 is 6.10 Å². The van der Waals surface area contributed by atoms with Crippen LogP contribution in [0.25, 0.3) is 11.1 Å². The van der Waals surface area contributed by atoms with Crippen molar-refractivity contribution in [2.24, 2.45) is 13.0 Å². The van der Waals surface area contributed by atoms with E-state index in [1.807, 2.05) is 43.1 Å². The smallest absolute Gasteiger partial charge is 0.319 e. The summed E-state index contributed by atoms with van der Waals surface area (Å²) in [5, 5.41) is 9.57. The predicted octanol–water partition coefficient (Wildman–Crippen LogP) is 3.50. The fourth-order valence-corrected chi connectivity index (χ4v) is 4.27. The van der Waals surface area contributed by atoms with Crippen LogP contribution in [0.5, 0.6) is 11.8 Å². The van der Waals surface area contributed by atoms with E-state index in [4.69, 9.17) is 15.2 Å². The summed E-state index contributed by atoms with van der Waals surface area (Å²) in [5.41, 5.74) is 8.46. The molecule has 0 aliphatic carbocycles. The van der Waals surface area contributed by atoms with Crippen LogP contribution in [-0.2, 0) is 7.05 Å². The molecule has 10 heteroatoms. The largest absolute Gasteiger partial charge is 0.489 e. The van der Waals surface area contributed by atoms with Gasteiger partial charge in [0.15, 0.2) is 17.4 Å². The number of carbonyl (C=O) groups excluding carboxylic acids is 1. The van der Waals surface area contributed by atoms with Crippen molar-refractivity contribution in [1.29, 1.82) is 0 Å². The summed E-state index contributed by atoms with van der Waals surface area (Å²) < 4.78 is 13.6. The third kappa shape index (κ3) is 6.97. The SMILES string of the molecule is CCCC(=O)c1cc(N2CCC(COc3cc(-c4ccn(C)c4)cnc3N)CC2)nc(OCC(C)O)n1. The summed E-state index contributed by atoms with van der Waals surface area (Å²) in [4.78, 5) is 27.8. The van der Waals surface area contributed by atoms with Gasteiger partial charge in [0.25, 0.3) is 0 Å². The maximum Gasteiger partial charge on any atom is 0.319 e. The number of nitrogens with two attached hydrogens (primary N) is 1. The highest BCUT2D eigenvalue weighted by Gasteiger charge is 2.23. The number of aromatic nitrogens is 4. The number of carbonyl (C=O) groups is 1. The molecule has 1 fully saturated rings. The van der Waals surface area contributed by atoms with E-state index in [2.05, 4.69) is 19.9 Å². The van der Waals surface area contributed by atoms with Crippen LogP contribution in [0.3, 0.4) is 0 Å². The zero-order chi connectivity index (χ0) is 26.4. The third-order valence-electron chi connectivity index (χ3n) is 6.37. The van der Waals surface area contributed by atoms with Crippen LogP contribution in [0.1, 0.15) is 50.0 Å². The zero-order valence-corrected chi connectivity index (χ0v) is 21.8. The molecule has 1 aliphatic heterocycles. The molecule has 1 unspecified atom stereocenters. The van der Waals surface area contributed by atoms with Crippen LogP contribution >= 0.6 is 0 Å². The van der Waals surface area contributed by atoms with Crippen molar-refractivity contribution in [3.63, 3.8) is 0 Å². The van der Waals surface area contributed by atoms with Crippen LogP contribution in [0, 0.1) is 5.92 Å². The average molecular weight is 509 g/mol. The monoisotopic (exact) mass is 508 g/mol. The average Bonchev–Trinajstić information content (AvgIpc) is 3.33. The predicted molar refractivity (Wildman–Crippen MR) is 142 cm³/mol. The number of aliphatic hydroxyl groups excluding tert-OH is 1. The lowest BCUT2D eigenvalue weighted by Crippen LogP contribution is -2.36. The van der Waals surface area contributed by atoms with Crippen molar-refractivity contribution >= 4 is 17.4 Å². The van der Waals surface area contributed by atoms with E-state index in [1.165, 1.54) is 0 Å². The Morgan fingerprint density at radius 2 is 2.00 bits per heavy atom. The minimum Gasteiger partial charge on any atom is -0.489 e. The molecule has 1 saturated heterocycles. The number of nitrogen functional groups attached to an aromatic ring is 1. The van der Waals surface area contributed by atoms with Gasteiger partial charge in [0.05, 0.1) is 12.7 Å². The maximum atomic E-state index is 12.5. The van der Waals surface area contributed by atoms with Crippen molar-refractivity contribution in [2.75, 3.05) is 36.9 Å². The van der Waals surface area contributed by atoms with Crippen molar-refractivity contribution in [1.82, 2.24) is 19.5 Å². The second kappa shape index (κ2) is 12.1. The standard InChI is InChI=1S/C27H36N6O4/c1-4-5-23(35)22-13-25(31-27(30-22)37-16-18(2)34)33-10-6-19(7-11-33)17-36-24-12-21(14-29-26(24)28)20-8-9-32(3)15-20/h8-9,12-15,18-19,34H,4-7,10-11,16-17H2,1-3H3,(H2,28,29). The van der Waals surface area contributed by atoms with Crippen LogP contribution in [-0.4, -0.2) is 62.8 Å². The number of hydrogen-bond donors (Lipinski definition) is 2. The fourth-order valence-electron chi connectivity index (χ4n) is 4.27. The van der Waals surface area contributed by atoms with Crippen LogP contribution in [0.4, 0.5) is 11.6 Å². The van der Waals surface area contributed by atoms with E-state index in [0.717, 1.165) is 43.5 Å². The Labute approximate surface area is 217 Å². The molecule has 0 saturated carbocycles. The molecule has 3 aromatic rings. The van der Waals surface area contributed by atoms with Gasteiger partial charge in [-0.05, 0) is 44.2 Å². The molecule has 1 atom stereocenters. The summed E-state index contributed by atoms with van der Waals surface area (Å²) in [6.45, 7) is 5.72. The van der Waals surface area contributed by atoms with Crippen molar-refractivity contribution in [3.8, 4) is 22.9 Å². The van der Waals surface area contributed by atoms with E-state index in [0.29, 0.717) is 42.0 Å². The third-order valence-corrected chi connectivity index (χ3v) is 6.37. The van der Waals surface area contributed by atoms with Gasteiger partial charge >= 0.3 is 6.01 Å². The van der Waals surface area contributed by atoms with Gasteiger partial charge in [0, 0.05) is 62.3 Å². The van der Waals surface area contributed by atoms with E-state index in [1.54, 1.807) is 19.2 Å². The first-order valence-corrected chi connectivity index (χ1v) is 12.8. The van der Waals surface area contributed by atoms with E-state index in [-0.39, 0.29) is 18.4 Å². The molecule has 4 heterocycles. The van der Waals surface area contributed by atoms with Crippen molar-refractivity contribution < 1.29 is 19.4 Å². The molecule has 0 aromatic carbocycles. The van der Waals surface area contributed by atoms with Gasteiger partial charge in [-0.15, -0.1) is 0 Å². The second-order valence-corrected chi connectivity index (χ2v) is 9.64. The van der Waals surface area contributed by atoms with Crippen molar-refractivity contribution in [2.45, 2.75) is 45.6 Å². The summed E-state index contributed by atoms with van der Waals surface area (Å²) in [6.07, 6.45) is 8.07. The maximum absolute atomic E-state index is 12.5. The lowest BCUT2D eigenvalue weighted by molar-refractivity contribution is 0.0972. The number of pyridine rings is 1. The highest BCUT2D eigenvalue weighted by atomic mass is 16.5. The Morgan fingerprint density at radius 3 is 2.68 bits per heavy atom. The van der Waals surface area contributed by atoms with Gasteiger partial charge in [0.1, 0.15) is 18.1 Å². The number of nitrogens with zero attached hydrogens (tertiary/aromatic N) is 5. The number of hydrogen-bond acceptors (Lipinski definition) is 9. The number of aliphatic hydroxyl groups is 1. The Hall–Kier alpha value is -3.66. The molecular weight excluding hydrogens is 472 g/mol. The number of ketones is 1. The van der Waals surface area contributed by atoms with E-state index >= 15 is 0 Å². The Morgan fingerprint density at radius 1 is 1.22 bits per heavy atom. The number of aryl methyl sites for hydroxylation is 1. The minimum absolute atomic E-state index is 0.0414. The zero-order valence-electron chi connectivity index (χ0n) is 21.8. The van der Waals surface area contributed by atoms with Crippen LogP contribution in [0.2, 0.25) is 0 Å². The first-order chi connectivity index (χ1) is 17.8. The Balaban J connectivity index is 1.38. The molecule has 0 amide bonds. The molecule has 10 nitrogen and oxygen atoms in total. The Kier molecular flexibility index (Phi) is 8.60. The first kappa shape index (κ1) is 26.4. The van der Waals surface area contributed by atoms with Gasteiger partial charge in [-0.1, -0.05) is 6.92 Å². The van der Waals surface area contributed by atoms with Gasteiger partial charge in [-0.2, -0.15) is 9.97 Å². The highest BCUT2D eigenvalue weighted by Crippen LogP contribution is 2.29. The quantitative estimate of drug-likeness (QED) is 0.374. The second-order valence-electron chi connectivity index (χ2n) is 9.64. The molecule has 0 radical (unpaired) electrons. The molecule has 0 spiro atoms. The van der Waals surface area contributed by atoms with E-state index in [9.17, 15) is 9.90 Å². The molecule has 37 heavy (non-hydrogen) atoms. The highest BCUT2D eigenvalue weighted by molar-refractivity contribution is 5.94. The normalized spacial score (nSPS) is 15.0. The van der Waals surface area contributed by atoms with Gasteiger partial charge in [0.2, 0.25) is 0 Å². The summed E-state index contributed by atoms with van der Waals surface area (Å²) in [5.74, 6) is 1.95. The number of anilines is 2. The first-order valence-electron chi connectivity index (χ1n) is 12.8. The molecule has 3 N–H and O–H groups in total. The van der Waals surface area contributed by atoms with Crippen LogP contribution < -0.4 is 20.1 Å². The molecule has 3 aromatic heterocycles. The Bertz CT molecular complexity index is 1200. The number of rotatable bonds is 11. The van der Waals surface area contributed by atoms with Gasteiger partial charge in [-0.25, -0.2) is 4.98 Å². The minimum atomic E-state index is -0.657. The fraction of sp³-hybridized carbons (Fsp3) is 0.481. The summed E-state index contributed by atoms with van der Waals surface area (Å²) in [7, 11) is 1.98. The molecule has 0 bridgehead atoms. The number of Topliss-reactive ketones (excluding diaryl/α,β-unsaturated/α-hetero) is 1. The summed E-state index contributed by atoms with van der Waals surface area (Å²) in [6, 6.07) is 5.83. The van der Waals surface area contributed by atoms with Crippen LogP contribution in [0.15, 0.2) is 36.8 Å². The van der Waals surface area contributed by atoms with Gasteiger partial charge in [-0.3, -0.25) is 4.79 Å². The molecular formula is C27H36N6O4. The lowest BCUT2D eigenvalue weighted by Gasteiger charge is -2.33. The molecule has 4 rings (SSSR count). The molecule has 1 aliphatic rings. The summed E-state index contributed by atoms with van der Waals surface area (Å²) >= 11 is 0. The van der Waals surface area contributed by atoms with Crippen molar-refractivity contribution in [3.05, 3.63) is 42.5 Å². The topological polar surface area (TPSA) is 129 Å². The molecule has 198 valence electrons. The number of ether oxygens (including phenoxy) is 2. The van der Waals surface area contributed by atoms with Gasteiger partial charge < -0.3 is 29.8 Å².